The van der Waals surface area contributed by atoms with Gasteiger partial charge in [0, 0.05) is 18.6 Å². The largest absolute Gasteiger partial charge is 0.273 e. The van der Waals surface area contributed by atoms with E-state index >= 15 is 0 Å². The number of hydrogen-bond donors (Lipinski definition) is 0. The molecule has 11 heavy (non-hydrogen) atoms. The molecule has 0 fully saturated rings. The fourth-order valence-corrected chi connectivity index (χ4v) is 0.680. The Kier molecular flexibility index (Phi) is 7.33. The van der Waals surface area contributed by atoms with Gasteiger partial charge in [0.15, 0.2) is 0 Å². The first-order chi connectivity index (χ1) is 5.00. The maximum absolute atomic E-state index is 2.99. The molecule has 0 heterocycles. The van der Waals surface area contributed by atoms with Gasteiger partial charge in [-0.3, -0.25) is 12.2 Å². The molecule has 0 atom stereocenters. The van der Waals surface area contributed by atoms with Gasteiger partial charge in [0.25, 0.3) is 0 Å². The third-order valence-electron chi connectivity index (χ3n) is 1.17. The van der Waals surface area contributed by atoms with Crippen molar-refractivity contribution in [2.24, 2.45) is 0 Å². The van der Waals surface area contributed by atoms with Gasteiger partial charge >= 0.3 is 0 Å². The second-order valence-electron chi connectivity index (χ2n) is 2.01. The van der Waals surface area contributed by atoms with Crippen molar-refractivity contribution in [2.75, 3.05) is 0 Å². The van der Waals surface area contributed by atoms with E-state index in [9.17, 15) is 0 Å². The summed E-state index contributed by atoms with van der Waals surface area (Å²) in [5, 5.41) is 0. The maximum Gasteiger partial charge on any atom is 0 e. The smallest absolute Gasteiger partial charge is 0 e. The van der Waals surface area contributed by atoms with Gasteiger partial charge in [0.05, 0.1) is 0 Å². The molecular weight excluding hydrogens is 171 g/mol. The van der Waals surface area contributed by atoms with Gasteiger partial charge < -0.3 is 0 Å². The van der Waals surface area contributed by atoms with Crippen LogP contribution < -0.4 is 0 Å². The fourth-order valence-electron chi connectivity index (χ4n) is 0.680. The van der Waals surface area contributed by atoms with Crippen LogP contribution in [0.3, 0.4) is 0 Å². The normalized spacial score (nSPS) is 16.0. The fraction of sp³-hybridized carbons (Fsp3) is 0.200. The molecule has 0 nitrogen and oxygen atoms in total. The molecule has 0 aromatic carbocycles. The summed E-state index contributed by atoms with van der Waals surface area (Å²) in [6, 6.07) is 0. The summed E-state index contributed by atoms with van der Waals surface area (Å²) in [5.74, 6) is 0. The Hall–Kier alpha value is -0.456. The molecule has 0 aromatic rings. The minimum atomic E-state index is 0. The Morgan fingerprint density at radius 3 is 1.36 bits per heavy atom. The summed E-state index contributed by atoms with van der Waals surface area (Å²) < 4.78 is 0. The molecule has 0 bridgehead atoms. The molecule has 57 valence electrons. The molecule has 2 aliphatic rings. The summed E-state index contributed by atoms with van der Waals surface area (Å²) in [6.07, 6.45) is 20.0. The Bertz CT molecular complexity index is 143. The Labute approximate surface area is 80.3 Å². The van der Waals surface area contributed by atoms with Crippen molar-refractivity contribution in [3.8, 4) is 0 Å². The molecule has 0 saturated carbocycles. The number of hydrogen-bond acceptors (Lipinski definition) is 0. The first-order valence-electron chi connectivity index (χ1n) is 3.43. The van der Waals surface area contributed by atoms with E-state index in [1.165, 1.54) is 0 Å². The minimum Gasteiger partial charge on any atom is -0.273 e. The predicted molar refractivity (Wildman–Crippen MR) is 43.1 cm³/mol. The third kappa shape index (κ3) is 5.96. The van der Waals surface area contributed by atoms with Gasteiger partial charge in [-0.1, -0.05) is 0 Å². The van der Waals surface area contributed by atoms with Gasteiger partial charge in [-0.2, -0.15) is 12.2 Å². The molecule has 2 aliphatic carbocycles. The van der Waals surface area contributed by atoms with Crippen molar-refractivity contribution >= 4 is 0 Å². The molecule has 1 radical (unpaired) electrons. The van der Waals surface area contributed by atoms with Crippen LogP contribution in [0.1, 0.15) is 12.8 Å². The quantitative estimate of drug-likeness (QED) is 0.504. The molecule has 2 rings (SSSR count). The van der Waals surface area contributed by atoms with E-state index in [0.717, 1.165) is 12.8 Å². The molecule has 0 amide bonds. The second kappa shape index (κ2) is 7.65. The van der Waals surface area contributed by atoms with Gasteiger partial charge in [-0.15, -0.1) is 12.8 Å². The summed E-state index contributed by atoms with van der Waals surface area (Å²) in [6.45, 7) is 0. The first-order valence-corrected chi connectivity index (χ1v) is 3.43. The van der Waals surface area contributed by atoms with Gasteiger partial charge in [-0.25, -0.2) is 24.3 Å². The van der Waals surface area contributed by atoms with Crippen LogP contribution in [0.2, 0.25) is 0 Å². The van der Waals surface area contributed by atoms with Crippen molar-refractivity contribution in [3.05, 3.63) is 48.6 Å². The summed E-state index contributed by atoms with van der Waals surface area (Å²) in [5.41, 5.74) is 0. The number of rotatable bonds is 0. The van der Waals surface area contributed by atoms with E-state index in [0.29, 0.717) is 0 Å². The van der Waals surface area contributed by atoms with Crippen molar-refractivity contribution in [1.29, 1.82) is 0 Å². The van der Waals surface area contributed by atoms with Crippen molar-refractivity contribution in [2.45, 2.75) is 12.8 Å². The number of allylic oxidation sites excluding steroid dienone is 8. The molecule has 0 spiro atoms. The van der Waals surface area contributed by atoms with Crippen LogP contribution in [-0.2, 0) is 18.6 Å². The molecule has 1 heteroatoms. The Morgan fingerprint density at radius 2 is 1.27 bits per heavy atom. The topological polar surface area (TPSA) is 0 Å². The molecule has 0 N–H and O–H groups in total. The van der Waals surface area contributed by atoms with Crippen molar-refractivity contribution in [3.63, 3.8) is 0 Å². The average Bonchev–Trinajstić information content (AvgIpc) is 2.67. The molecule has 0 saturated heterocycles. The van der Waals surface area contributed by atoms with E-state index in [4.69, 9.17) is 0 Å². The first kappa shape index (κ1) is 10.5. The molecule has 0 aliphatic heterocycles. The van der Waals surface area contributed by atoms with Crippen LogP contribution in [0.15, 0.2) is 36.5 Å². The van der Waals surface area contributed by atoms with E-state index in [1.807, 2.05) is 24.3 Å². The Balaban J connectivity index is 0.000000167. The zero-order valence-electron chi connectivity index (χ0n) is 6.33. The van der Waals surface area contributed by atoms with Crippen LogP contribution in [0.4, 0.5) is 0 Å². The SMILES string of the molecule is [C-]1=CC=CC1.[C-]1=CC=CC1.[V]. The zero-order chi connectivity index (χ0) is 7.07. The van der Waals surface area contributed by atoms with Crippen molar-refractivity contribution in [1.82, 2.24) is 0 Å². The average molecular weight is 181 g/mol. The standard InChI is InChI=1S/2C5H5.V/c2*1-2-4-5-3-1;/h2*1-3H,4H2;/q2*-1;. The van der Waals surface area contributed by atoms with Crippen LogP contribution in [0, 0.1) is 12.2 Å². The summed E-state index contributed by atoms with van der Waals surface area (Å²) >= 11 is 0. The van der Waals surface area contributed by atoms with E-state index in [-0.39, 0.29) is 18.6 Å². The zero-order valence-corrected chi connectivity index (χ0v) is 7.72. The summed E-state index contributed by atoms with van der Waals surface area (Å²) in [4.78, 5) is 0. The monoisotopic (exact) mass is 181 g/mol. The second-order valence-corrected chi connectivity index (χ2v) is 2.01. The minimum absolute atomic E-state index is 0. The molecule has 0 unspecified atom stereocenters. The van der Waals surface area contributed by atoms with E-state index in [2.05, 4.69) is 24.3 Å². The van der Waals surface area contributed by atoms with Crippen LogP contribution >= 0.6 is 0 Å². The van der Waals surface area contributed by atoms with Gasteiger partial charge in [-0.05, 0) is 0 Å². The maximum atomic E-state index is 2.99. The third-order valence-corrected chi connectivity index (χ3v) is 1.17. The molecule has 0 aromatic heterocycles. The van der Waals surface area contributed by atoms with Crippen LogP contribution in [0.5, 0.6) is 0 Å². The van der Waals surface area contributed by atoms with Crippen LogP contribution in [-0.4, -0.2) is 0 Å². The van der Waals surface area contributed by atoms with Gasteiger partial charge in [0.1, 0.15) is 0 Å². The predicted octanol–water partition coefficient (Wildman–Crippen LogP) is 2.61. The summed E-state index contributed by atoms with van der Waals surface area (Å²) in [7, 11) is 0. The van der Waals surface area contributed by atoms with Gasteiger partial charge in [0.2, 0.25) is 0 Å². The molecular formula is C10H10V-2. The Morgan fingerprint density at radius 1 is 0.818 bits per heavy atom. The van der Waals surface area contributed by atoms with Crippen LogP contribution in [0.25, 0.3) is 0 Å². The van der Waals surface area contributed by atoms with E-state index in [1.54, 1.807) is 0 Å². The van der Waals surface area contributed by atoms with Crippen molar-refractivity contribution < 1.29 is 18.6 Å². The van der Waals surface area contributed by atoms with E-state index < -0.39 is 0 Å².